The second-order valence-corrected chi connectivity index (χ2v) is 13.1. The zero-order valence-corrected chi connectivity index (χ0v) is 25.0. The predicted molar refractivity (Wildman–Crippen MR) is 161 cm³/mol. The fourth-order valence-corrected chi connectivity index (χ4v) is 6.71. The van der Waals surface area contributed by atoms with Gasteiger partial charge >= 0.3 is 0 Å². The predicted octanol–water partition coefficient (Wildman–Crippen LogP) is 5.95. The quantitative estimate of drug-likeness (QED) is 0.223. The van der Waals surface area contributed by atoms with Crippen molar-refractivity contribution in [1.82, 2.24) is 0 Å². The number of halogens is 2. The average molecular weight is 635 g/mol. The van der Waals surface area contributed by atoms with Gasteiger partial charge in [0.15, 0.2) is 0 Å². The van der Waals surface area contributed by atoms with Crippen molar-refractivity contribution in [3.63, 3.8) is 0 Å². The van der Waals surface area contributed by atoms with Gasteiger partial charge in [-0.05, 0) is 67.6 Å². The maximum atomic E-state index is 13.6. The van der Waals surface area contributed by atoms with Crippen LogP contribution in [0.1, 0.15) is 5.56 Å². The molecule has 4 aromatic rings. The van der Waals surface area contributed by atoms with E-state index in [0.717, 1.165) is 9.87 Å². The summed E-state index contributed by atoms with van der Waals surface area (Å²) in [4.78, 5) is 13.0. The first-order valence-electron chi connectivity index (χ1n) is 12.0. The van der Waals surface area contributed by atoms with Crippen molar-refractivity contribution in [2.75, 3.05) is 28.0 Å². The molecule has 0 saturated heterocycles. The normalized spacial score (nSPS) is 11.5. The van der Waals surface area contributed by atoms with Gasteiger partial charge in [-0.25, -0.2) is 16.8 Å². The Morgan fingerprint density at radius 2 is 1.46 bits per heavy atom. The van der Waals surface area contributed by atoms with Crippen LogP contribution in [0.3, 0.4) is 0 Å². The van der Waals surface area contributed by atoms with E-state index >= 15 is 0 Å². The van der Waals surface area contributed by atoms with Crippen molar-refractivity contribution in [2.45, 2.75) is 16.7 Å². The Morgan fingerprint density at radius 1 is 0.829 bits per heavy atom. The molecule has 0 atom stereocenters. The number of benzene rings is 4. The van der Waals surface area contributed by atoms with Gasteiger partial charge in [0.25, 0.3) is 20.0 Å². The Morgan fingerprint density at radius 3 is 2.12 bits per heavy atom. The fourth-order valence-electron chi connectivity index (χ4n) is 3.81. The summed E-state index contributed by atoms with van der Waals surface area (Å²) in [6.07, 6.45) is 0. The van der Waals surface area contributed by atoms with Crippen molar-refractivity contribution >= 4 is 66.2 Å². The third-order valence-corrected chi connectivity index (χ3v) is 9.87. The summed E-state index contributed by atoms with van der Waals surface area (Å²) in [6, 6.07) is 22.6. The number of carbonyl (C=O) groups excluding carboxylic acids is 1. The summed E-state index contributed by atoms with van der Waals surface area (Å²) in [5, 5.41) is 2.87. The zero-order chi connectivity index (χ0) is 29.8. The summed E-state index contributed by atoms with van der Waals surface area (Å²) < 4.78 is 61.7. The van der Waals surface area contributed by atoms with Crippen molar-refractivity contribution in [3.8, 4) is 5.75 Å². The number of sulfonamides is 2. The first-order chi connectivity index (χ1) is 19.4. The standard InChI is InChI=1S/C28H25Cl2N3O6S2/c1-19-10-14-22(15-11-19)41(37,38)33(25-8-3-4-9-26(25)39-2)18-27(34)31-20-12-16-21(17-13-20)40(35,36)32-24-7-5-6-23(29)28(24)30/h3-17,32H,18H2,1-2H3,(H,31,34). The lowest BCUT2D eigenvalue weighted by Crippen LogP contribution is -2.38. The van der Waals surface area contributed by atoms with E-state index in [4.69, 9.17) is 27.9 Å². The minimum atomic E-state index is -4.17. The van der Waals surface area contributed by atoms with Gasteiger partial charge in [0, 0.05) is 5.69 Å². The number of carbonyl (C=O) groups is 1. The van der Waals surface area contributed by atoms with E-state index < -0.39 is 32.5 Å². The topological polar surface area (TPSA) is 122 Å². The lowest BCUT2D eigenvalue weighted by molar-refractivity contribution is -0.114. The molecular formula is C28H25Cl2N3O6S2. The summed E-state index contributed by atoms with van der Waals surface area (Å²) in [5.41, 5.74) is 1.42. The molecule has 1 amide bonds. The monoisotopic (exact) mass is 633 g/mol. The molecule has 0 bridgehead atoms. The van der Waals surface area contributed by atoms with E-state index in [9.17, 15) is 21.6 Å². The molecule has 0 fully saturated rings. The Labute approximate surface area is 248 Å². The minimum Gasteiger partial charge on any atom is -0.495 e. The van der Waals surface area contributed by atoms with Gasteiger partial charge in [0.1, 0.15) is 12.3 Å². The number of rotatable bonds is 10. The molecule has 13 heteroatoms. The molecule has 2 N–H and O–H groups in total. The SMILES string of the molecule is COc1ccccc1N(CC(=O)Nc1ccc(S(=O)(=O)Nc2cccc(Cl)c2Cl)cc1)S(=O)(=O)c1ccc(C)cc1. The molecule has 0 aliphatic heterocycles. The van der Waals surface area contributed by atoms with Crippen LogP contribution < -0.4 is 19.1 Å². The van der Waals surface area contributed by atoms with Crippen molar-refractivity contribution in [2.24, 2.45) is 0 Å². The molecule has 0 unspecified atom stereocenters. The lowest BCUT2D eigenvalue weighted by Gasteiger charge is -2.25. The minimum absolute atomic E-state index is 0.00340. The van der Waals surface area contributed by atoms with Crippen LogP contribution in [0.25, 0.3) is 0 Å². The number of para-hydroxylation sites is 2. The highest BCUT2D eigenvalue weighted by Crippen LogP contribution is 2.33. The third-order valence-electron chi connectivity index (χ3n) is 5.89. The maximum absolute atomic E-state index is 13.6. The molecule has 0 radical (unpaired) electrons. The molecule has 214 valence electrons. The largest absolute Gasteiger partial charge is 0.495 e. The summed E-state index contributed by atoms with van der Waals surface area (Å²) in [7, 11) is -6.79. The lowest BCUT2D eigenvalue weighted by atomic mass is 10.2. The van der Waals surface area contributed by atoms with Crippen LogP contribution in [0.4, 0.5) is 17.1 Å². The number of ether oxygens (including phenoxy) is 1. The molecule has 41 heavy (non-hydrogen) atoms. The molecule has 0 aliphatic carbocycles. The van der Waals surface area contributed by atoms with Crippen LogP contribution in [0, 0.1) is 6.92 Å². The molecule has 0 aromatic heterocycles. The number of hydrogen-bond acceptors (Lipinski definition) is 6. The summed E-state index contributed by atoms with van der Waals surface area (Å²) in [6.45, 7) is 1.26. The second kappa shape index (κ2) is 12.4. The van der Waals surface area contributed by atoms with Crippen LogP contribution in [-0.4, -0.2) is 36.4 Å². The first-order valence-corrected chi connectivity index (χ1v) is 15.7. The average Bonchev–Trinajstić information content (AvgIpc) is 2.94. The van der Waals surface area contributed by atoms with Gasteiger partial charge < -0.3 is 10.1 Å². The first kappa shape index (κ1) is 30.2. The van der Waals surface area contributed by atoms with Gasteiger partial charge in [-0.2, -0.15) is 0 Å². The van der Waals surface area contributed by atoms with Crippen LogP contribution in [0.15, 0.2) is 101 Å². The van der Waals surface area contributed by atoms with E-state index in [1.807, 2.05) is 6.92 Å². The molecule has 0 aliphatic rings. The number of amides is 1. The smallest absolute Gasteiger partial charge is 0.264 e. The van der Waals surface area contributed by atoms with Gasteiger partial charge in [-0.15, -0.1) is 0 Å². The third kappa shape index (κ3) is 6.94. The number of aryl methyl sites for hydroxylation is 1. The Kier molecular flexibility index (Phi) is 9.13. The van der Waals surface area contributed by atoms with Gasteiger partial charge in [0.2, 0.25) is 5.91 Å². The van der Waals surface area contributed by atoms with Crippen LogP contribution in [-0.2, 0) is 24.8 Å². The van der Waals surface area contributed by atoms with E-state index in [1.54, 1.807) is 36.4 Å². The Bertz CT molecular complexity index is 1780. The van der Waals surface area contributed by atoms with Crippen LogP contribution in [0.5, 0.6) is 5.75 Å². The molecule has 4 rings (SSSR count). The molecule has 0 saturated carbocycles. The second-order valence-electron chi connectivity index (χ2n) is 8.78. The van der Waals surface area contributed by atoms with E-state index in [1.165, 1.54) is 61.7 Å². The number of anilines is 3. The van der Waals surface area contributed by atoms with Crippen molar-refractivity contribution < 1.29 is 26.4 Å². The molecule has 0 heterocycles. The zero-order valence-electron chi connectivity index (χ0n) is 21.8. The van der Waals surface area contributed by atoms with E-state index in [0.29, 0.717) is 0 Å². The van der Waals surface area contributed by atoms with Crippen molar-refractivity contribution in [1.29, 1.82) is 0 Å². The molecule has 4 aromatic carbocycles. The number of nitrogens with one attached hydrogen (secondary N) is 2. The molecule has 0 spiro atoms. The highest BCUT2D eigenvalue weighted by Gasteiger charge is 2.29. The number of methoxy groups -OCH3 is 1. The summed E-state index contributed by atoms with van der Waals surface area (Å²) in [5.74, 6) is -0.399. The van der Waals surface area contributed by atoms with E-state index in [-0.39, 0.29) is 42.6 Å². The van der Waals surface area contributed by atoms with Crippen LogP contribution >= 0.6 is 23.2 Å². The van der Waals surface area contributed by atoms with Crippen LogP contribution in [0.2, 0.25) is 10.0 Å². The summed E-state index contributed by atoms with van der Waals surface area (Å²) >= 11 is 12.1. The van der Waals surface area contributed by atoms with E-state index in [2.05, 4.69) is 10.0 Å². The number of nitrogens with zero attached hydrogens (tertiary/aromatic N) is 1. The Balaban J connectivity index is 1.56. The van der Waals surface area contributed by atoms with Crippen molar-refractivity contribution in [3.05, 3.63) is 107 Å². The fraction of sp³-hybridized carbons (Fsp3) is 0.107. The highest BCUT2D eigenvalue weighted by atomic mass is 35.5. The van der Waals surface area contributed by atoms with Gasteiger partial charge in [-0.3, -0.25) is 13.8 Å². The highest BCUT2D eigenvalue weighted by molar-refractivity contribution is 7.93. The maximum Gasteiger partial charge on any atom is 0.264 e. The number of hydrogen-bond donors (Lipinski definition) is 2. The molecule has 9 nitrogen and oxygen atoms in total. The van der Waals surface area contributed by atoms with Gasteiger partial charge in [0.05, 0.1) is 38.3 Å². The van der Waals surface area contributed by atoms with Gasteiger partial charge in [-0.1, -0.05) is 59.1 Å². The Hall–Kier alpha value is -3.77. The molecular weight excluding hydrogens is 609 g/mol.